The van der Waals surface area contributed by atoms with Crippen molar-refractivity contribution >= 4 is 29.0 Å². The summed E-state index contributed by atoms with van der Waals surface area (Å²) in [6, 6.07) is 5.43. The minimum absolute atomic E-state index is 0.500. The van der Waals surface area contributed by atoms with Crippen molar-refractivity contribution in [1.29, 1.82) is 0 Å². The molecule has 0 spiro atoms. The molecule has 0 saturated heterocycles. The third kappa shape index (κ3) is 3.04. The lowest BCUT2D eigenvalue weighted by Crippen LogP contribution is -2.02. The number of nitrogens with zero attached hydrogens (tertiary/aromatic N) is 2. The average molecular weight is 298 g/mol. The molecule has 5 heteroatoms. The summed E-state index contributed by atoms with van der Waals surface area (Å²) in [5.41, 5.74) is 8.91. The van der Waals surface area contributed by atoms with E-state index in [0.717, 1.165) is 23.2 Å². The zero-order chi connectivity index (χ0) is 14.2. The average Bonchev–Trinajstić information content (AvgIpc) is 2.55. The summed E-state index contributed by atoms with van der Waals surface area (Å²) >= 11 is 12.1. The normalized spacial score (nSPS) is 11.3. The first-order chi connectivity index (χ1) is 8.88. The van der Waals surface area contributed by atoms with Crippen LogP contribution >= 0.6 is 23.2 Å². The molecule has 2 N–H and O–H groups in total. The van der Waals surface area contributed by atoms with Crippen molar-refractivity contribution in [3.63, 3.8) is 0 Å². The molecule has 0 aliphatic heterocycles. The first-order valence-electron chi connectivity index (χ1n) is 6.16. The molecule has 102 valence electrons. The van der Waals surface area contributed by atoms with Gasteiger partial charge in [-0.15, -0.1) is 0 Å². The molecule has 0 aliphatic carbocycles. The topological polar surface area (TPSA) is 43.8 Å². The van der Waals surface area contributed by atoms with Crippen molar-refractivity contribution in [2.24, 2.45) is 13.0 Å². The van der Waals surface area contributed by atoms with E-state index in [4.69, 9.17) is 28.9 Å². The molecule has 3 nitrogen and oxygen atoms in total. The quantitative estimate of drug-likeness (QED) is 0.924. The lowest BCUT2D eigenvalue weighted by atomic mass is 9.99. The Hall–Kier alpha value is -1.19. The van der Waals surface area contributed by atoms with Gasteiger partial charge in [-0.1, -0.05) is 37.0 Å². The van der Waals surface area contributed by atoms with E-state index in [1.165, 1.54) is 0 Å². The maximum atomic E-state index is 6.10. The maximum absolute atomic E-state index is 6.10. The molecule has 0 atom stereocenters. The number of aryl methyl sites for hydroxylation is 1. The highest BCUT2D eigenvalue weighted by Crippen LogP contribution is 2.32. The van der Waals surface area contributed by atoms with Crippen LogP contribution in [-0.4, -0.2) is 9.78 Å². The van der Waals surface area contributed by atoms with Gasteiger partial charge in [0.25, 0.3) is 0 Å². The van der Waals surface area contributed by atoms with E-state index in [1.54, 1.807) is 10.7 Å². The van der Waals surface area contributed by atoms with Crippen LogP contribution in [0.5, 0.6) is 0 Å². The molecule has 2 aromatic rings. The summed E-state index contributed by atoms with van der Waals surface area (Å²) in [7, 11) is 1.84. The van der Waals surface area contributed by atoms with Crippen molar-refractivity contribution in [2.45, 2.75) is 20.3 Å². The van der Waals surface area contributed by atoms with Crippen LogP contribution in [0.3, 0.4) is 0 Å². The molecule has 0 saturated carbocycles. The van der Waals surface area contributed by atoms with E-state index >= 15 is 0 Å². The summed E-state index contributed by atoms with van der Waals surface area (Å²) in [4.78, 5) is 0. The van der Waals surface area contributed by atoms with Crippen LogP contribution in [0.4, 0.5) is 5.82 Å². The van der Waals surface area contributed by atoms with Crippen LogP contribution in [0.2, 0.25) is 10.0 Å². The molecule has 0 aliphatic rings. The van der Waals surface area contributed by atoms with Crippen LogP contribution in [0.15, 0.2) is 18.2 Å². The molecule has 0 bridgehead atoms. The van der Waals surface area contributed by atoms with E-state index in [-0.39, 0.29) is 0 Å². The van der Waals surface area contributed by atoms with Crippen LogP contribution in [-0.2, 0) is 13.5 Å². The Kier molecular flexibility index (Phi) is 4.07. The first kappa shape index (κ1) is 14.2. The largest absolute Gasteiger partial charge is 0.384 e. The van der Waals surface area contributed by atoms with Crippen molar-refractivity contribution in [1.82, 2.24) is 9.78 Å². The summed E-state index contributed by atoms with van der Waals surface area (Å²) in [6.07, 6.45) is 0.874. The summed E-state index contributed by atoms with van der Waals surface area (Å²) in [6.45, 7) is 4.31. The molecule has 1 heterocycles. The van der Waals surface area contributed by atoms with Gasteiger partial charge >= 0.3 is 0 Å². The van der Waals surface area contributed by atoms with Gasteiger partial charge < -0.3 is 5.73 Å². The van der Waals surface area contributed by atoms with Crippen LogP contribution < -0.4 is 5.73 Å². The number of nitrogens with two attached hydrogens (primary N) is 1. The van der Waals surface area contributed by atoms with Crippen LogP contribution in [0.1, 0.15) is 19.4 Å². The van der Waals surface area contributed by atoms with E-state index < -0.39 is 0 Å². The number of anilines is 1. The third-order valence-corrected chi connectivity index (χ3v) is 3.38. The number of hydrogen-bond acceptors (Lipinski definition) is 2. The number of benzene rings is 1. The van der Waals surface area contributed by atoms with Gasteiger partial charge in [-0.2, -0.15) is 5.10 Å². The fraction of sp³-hybridized carbons (Fsp3) is 0.357. The van der Waals surface area contributed by atoms with Crippen molar-refractivity contribution in [3.05, 3.63) is 33.8 Å². The Labute approximate surface area is 123 Å². The molecular weight excluding hydrogens is 281 g/mol. The van der Waals surface area contributed by atoms with Gasteiger partial charge in [-0.05, 0) is 30.5 Å². The highest BCUT2D eigenvalue weighted by molar-refractivity contribution is 6.35. The second-order valence-corrected chi connectivity index (χ2v) is 5.96. The lowest BCUT2D eigenvalue weighted by Gasteiger charge is -2.07. The molecule has 0 amide bonds. The lowest BCUT2D eigenvalue weighted by molar-refractivity contribution is 0.648. The van der Waals surface area contributed by atoms with Gasteiger partial charge in [0, 0.05) is 28.2 Å². The van der Waals surface area contributed by atoms with Crippen molar-refractivity contribution < 1.29 is 0 Å². The van der Waals surface area contributed by atoms with Crippen molar-refractivity contribution in [2.75, 3.05) is 5.73 Å². The SMILES string of the molecule is CC(C)Cc1c(-c2cc(Cl)cc(Cl)c2)nn(C)c1N. The Morgan fingerprint density at radius 2 is 1.79 bits per heavy atom. The van der Waals surface area contributed by atoms with Gasteiger partial charge in [0.15, 0.2) is 0 Å². The zero-order valence-electron chi connectivity index (χ0n) is 11.2. The highest BCUT2D eigenvalue weighted by Gasteiger charge is 2.17. The van der Waals surface area contributed by atoms with Crippen molar-refractivity contribution in [3.8, 4) is 11.3 Å². The van der Waals surface area contributed by atoms with Gasteiger partial charge in [0.1, 0.15) is 5.82 Å². The number of aromatic nitrogens is 2. The second-order valence-electron chi connectivity index (χ2n) is 5.09. The predicted molar refractivity (Wildman–Crippen MR) is 81.6 cm³/mol. The Morgan fingerprint density at radius 3 is 2.32 bits per heavy atom. The van der Waals surface area contributed by atoms with Gasteiger partial charge in [-0.3, -0.25) is 4.68 Å². The fourth-order valence-electron chi connectivity index (χ4n) is 2.11. The van der Waals surface area contributed by atoms with E-state index in [9.17, 15) is 0 Å². The summed E-state index contributed by atoms with van der Waals surface area (Å²) in [5, 5.41) is 5.69. The number of hydrogen-bond donors (Lipinski definition) is 1. The molecule has 0 unspecified atom stereocenters. The number of rotatable bonds is 3. The zero-order valence-corrected chi connectivity index (χ0v) is 12.8. The Bertz CT molecular complexity index is 583. The standard InChI is InChI=1S/C14H17Cl2N3/c1-8(2)4-12-13(18-19(3)14(12)17)9-5-10(15)7-11(16)6-9/h5-8H,4,17H2,1-3H3. The summed E-state index contributed by atoms with van der Waals surface area (Å²) < 4.78 is 1.70. The number of nitrogen functional groups attached to an aromatic ring is 1. The Balaban J connectivity index is 2.57. The first-order valence-corrected chi connectivity index (χ1v) is 6.92. The molecule has 1 aromatic heterocycles. The Morgan fingerprint density at radius 1 is 1.21 bits per heavy atom. The van der Waals surface area contributed by atoms with E-state index in [2.05, 4.69) is 18.9 Å². The third-order valence-electron chi connectivity index (χ3n) is 2.94. The summed E-state index contributed by atoms with van der Waals surface area (Å²) in [5.74, 6) is 1.19. The van der Waals surface area contributed by atoms with Gasteiger partial charge in [-0.25, -0.2) is 0 Å². The van der Waals surface area contributed by atoms with Crippen LogP contribution in [0.25, 0.3) is 11.3 Å². The fourth-order valence-corrected chi connectivity index (χ4v) is 2.64. The highest BCUT2D eigenvalue weighted by atomic mass is 35.5. The molecule has 0 radical (unpaired) electrons. The maximum Gasteiger partial charge on any atom is 0.125 e. The molecule has 1 aromatic carbocycles. The monoisotopic (exact) mass is 297 g/mol. The van der Waals surface area contributed by atoms with Crippen LogP contribution in [0, 0.1) is 5.92 Å². The molecule has 19 heavy (non-hydrogen) atoms. The molecular formula is C14H17Cl2N3. The smallest absolute Gasteiger partial charge is 0.125 e. The minimum Gasteiger partial charge on any atom is -0.384 e. The molecule has 2 rings (SSSR count). The number of halogens is 2. The predicted octanol–water partition coefficient (Wildman–Crippen LogP) is 4.17. The van der Waals surface area contributed by atoms with E-state index in [1.807, 2.05) is 19.2 Å². The minimum atomic E-state index is 0.500. The van der Waals surface area contributed by atoms with Gasteiger partial charge in [0.2, 0.25) is 0 Å². The van der Waals surface area contributed by atoms with Gasteiger partial charge in [0.05, 0.1) is 5.69 Å². The molecule has 0 fully saturated rings. The second kappa shape index (κ2) is 5.43. The van der Waals surface area contributed by atoms with E-state index in [0.29, 0.717) is 21.8 Å².